The number of ether oxygens (including phenoxy) is 1. The third kappa shape index (κ3) is 1.84. The highest BCUT2D eigenvalue weighted by molar-refractivity contribution is 5.55. The number of hydrogen-bond donors (Lipinski definition) is 0. The molecule has 1 aliphatic heterocycles. The Labute approximate surface area is 96.3 Å². The SMILES string of the molecule is Cc1c([N+](=O)[O-])cc([N+](=O)[O-])cc1C1(C)CO1. The van der Waals surface area contributed by atoms with E-state index in [9.17, 15) is 20.2 Å². The maximum absolute atomic E-state index is 10.8. The van der Waals surface area contributed by atoms with Crippen LogP contribution in [0.5, 0.6) is 0 Å². The second-order valence-electron chi connectivity index (χ2n) is 4.17. The second kappa shape index (κ2) is 3.49. The molecule has 90 valence electrons. The van der Waals surface area contributed by atoms with Crippen molar-refractivity contribution in [3.8, 4) is 0 Å². The lowest BCUT2D eigenvalue weighted by Gasteiger charge is -2.09. The predicted octanol–water partition coefficient (Wildman–Crippen LogP) is 2.06. The van der Waals surface area contributed by atoms with Gasteiger partial charge < -0.3 is 4.74 Å². The fourth-order valence-electron chi connectivity index (χ4n) is 1.79. The number of nitro groups is 2. The van der Waals surface area contributed by atoms with Crippen molar-refractivity contribution >= 4 is 11.4 Å². The molecule has 0 amide bonds. The standard InChI is InChI=1S/C10H10N2O5/c1-6-8(10(2)5-17-10)3-7(11(13)14)4-9(6)12(15)16/h3-4H,5H2,1-2H3. The maximum Gasteiger partial charge on any atom is 0.279 e. The monoisotopic (exact) mass is 238 g/mol. The molecular weight excluding hydrogens is 228 g/mol. The van der Waals surface area contributed by atoms with Gasteiger partial charge in [0.2, 0.25) is 0 Å². The molecule has 17 heavy (non-hydrogen) atoms. The Morgan fingerprint density at radius 2 is 1.88 bits per heavy atom. The summed E-state index contributed by atoms with van der Waals surface area (Å²) in [6, 6.07) is 2.32. The van der Waals surface area contributed by atoms with Gasteiger partial charge in [-0.05, 0) is 13.8 Å². The Morgan fingerprint density at radius 1 is 1.29 bits per heavy atom. The minimum Gasteiger partial charge on any atom is -0.365 e. The molecule has 1 fully saturated rings. The first-order valence-electron chi connectivity index (χ1n) is 4.93. The Morgan fingerprint density at radius 3 is 2.29 bits per heavy atom. The summed E-state index contributed by atoms with van der Waals surface area (Å²) in [5, 5.41) is 21.6. The summed E-state index contributed by atoms with van der Waals surface area (Å²) < 4.78 is 5.19. The topological polar surface area (TPSA) is 98.8 Å². The van der Waals surface area contributed by atoms with Gasteiger partial charge in [0.1, 0.15) is 5.60 Å². The van der Waals surface area contributed by atoms with Crippen LogP contribution in [0.3, 0.4) is 0 Å². The first kappa shape index (κ1) is 11.5. The molecule has 0 aromatic heterocycles. The molecule has 1 heterocycles. The fourth-order valence-corrected chi connectivity index (χ4v) is 1.79. The van der Waals surface area contributed by atoms with Gasteiger partial charge in [-0.25, -0.2) is 0 Å². The van der Waals surface area contributed by atoms with Crippen LogP contribution in [0.2, 0.25) is 0 Å². The van der Waals surface area contributed by atoms with Gasteiger partial charge in [0.05, 0.1) is 22.5 Å². The predicted molar refractivity (Wildman–Crippen MR) is 57.8 cm³/mol. The molecule has 1 aromatic carbocycles. The molecule has 2 rings (SSSR count). The average Bonchev–Trinajstić information content (AvgIpc) is 2.96. The highest BCUT2D eigenvalue weighted by atomic mass is 16.6. The first-order valence-corrected chi connectivity index (χ1v) is 4.93. The van der Waals surface area contributed by atoms with Crippen LogP contribution in [-0.2, 0) is 10.3 Å². The zero-order valence-corrected chi connectivity index (χ0v) is 9.30. The van der Waals surface area contributed by atoms with Crippen molar-refractivity contribution in [2.75, 3.05) is 6.61 Å². The van der Waals surface area contributed by atoms with Crippen LogP contribution in [0.25, 0.3) is 0 Å². The lowest BCUT2D eigenvalue weighted by molar-refractivity contribution is -0.394. The molecule has 1 unspecified atom stereocenters. The van der Waals surface area contributed by atoms with Crippen LogP contribution in [0, 0.1) is 27.2 Å². The minimum atomic E-state index is -0.637. The molecule has 0 saturated carbocycles. The highest BCUT2D eigenvalue weighted by Gasteiger charge is 2.44. The van der Waals surface area contributed by atoms with E-state index in [1.807, 2.05) is 0 Å². The Kier molecular flexibility index (Phi) is 2.35. The molecule has 7 heteroatoms. The molecule has 1 saturated heterocycles. The highest BCUT2D eigenvalue weighted by Crippen LogP contribution is 2.43. The average molecular weight is 238 g/mol. The largest absolute Gasteiger partial charge is 0.365 e. The van der Waals surface area contributed by atoms with Crippen LogP contribution >= 0.6 is 0 Å². The van der Waals surface area contributed by atoms with Crippen molar-refractivity contribution in [3.63, 3.8) is 0 Å². The van der Waals surface area contributed by atoms with Crippen LogP contribution < -0.4 is 0 Å². The zero-order valence-electron chi connectivity index (χ0n) is 9.30. The van der Waals surface area contributed by atoms with E-state index in [0.29, 0.717) is 17.7 Å². The van der Waals surface area contributed by atoms with Crippen molar-refractivity contribution < 1.29 is 14.6 Å². The van der Waals surface area contributed by atoms with E-state index >= 15 is 0 Å². The van der Waals surface area contributed by atoms with E-state index in [0.717, 1.165) is 6.07 Å². The summed E-state index contributed by atoms with van der Waals surface area (Å²) in [5.74, 6) is 0. The quantitative estimate of drug-likeness (QED) is 0.456. The van der Waals surface area contributed by atoms with Crippen molar-refractivity contribution in [1.82, 2.24) is 0 Å². The van der Waals surface area contributed by atoms with Crippen LogP contribution in [0.1, 0.15) is 18.1 Å². The molecular formula is C10H10N2O5. The summed E-state index contributed by atoms with van der Waals surface area (Å²) >= 11 is 0. The number of hydrogen-bond acceptors (Lipinski definition) is 5. The lowest BCUT2D eigenvalue weighted by atomic mass is 9.95. The zero-order chi connectivity index (χ0) is 12.8. The van der Waals surface area contributed by atoms with Gasteiger partial charge in [0.25, 0.3) is 11.4 Å². The van der Waals surface area contributed by atoms with Crippen LogP contribution in [0.15, 0.2) is 12.1 Å². The Bertz CT molecular complexity index is 522. The van der Waals surface area contributed by atoms with Gasteiger partial charge in [-0.3, -0.25) is 20.2 Å². The van der Waals surface area contributed by atoms with E-state index < -0.39 is 15.4 Å². The van der Waals surface area contributed by atoms with Gasteiger partial charge >= 0.3 is 0 Å². The normalized spacial score (nSPS) is 22.2. The van der Waals surface area contributed by atoms with Crippen molar-refractivity contribution in [3.05, 3.63) is 43.5 Å². The second-order valence-corrected chi connectivity index (χ2v) is 4.17. The Balaban J connectivity index is 2.66. The summed E-state index contributed by atoms with van der Waals surface area (Å²) in [5.41, 5.74) is -0.222. The van der Waals surface area contributed by atoms with Gasteiger partial charge in [-0.15, -0.1) is 0 Å². The molecule has 0 radical (unpaired) electrons. The molecule has 7 nitrogen and oxygen atoms in total. The number of nitro benzene ring substituents is 2. The number of benzene rings is 1. The number of non-ortho nitro benzene ring substituents is 1. The molecule has 0 aliphatic carbocycles. The molecule has 0 N–H and O–H groups in total. The van der Waals surface area contributed by atoms with Gasteiger partial charge in [-0.2, -0.15) is 0 Å². The third-order valence-electron chi connectivity index (χ3n) is 2.92. The smallest absolute Gasteiger partial charge is 0.279 e. The summed E-state index contributed by atoms with van der Waals surface area (Å²) in [6.45, 7) is 3.75. The summed E-state index contributed by atoms with van der Waals surface area (Å²) in [6.07, 6.45) is 0. The van der Waals surface area contributed by atoms with E-state index in [1.54, 1.807) is 13.8 Å². The molecule has 1 aromatic rings. The number of nitrogens with zero attached hydrogens (tertiary/aromatic N) is 2. The van der Waals surface area contributed by atoms with Gasteiger partial charge in [0, 0.05) is 17.2 Å². The van der Waals surface area contributed by atoms with Crippen molar-refractivity contribution in [2.45, 2.75) is 19.4 Å². The molecule has 1 aliphatic rings. The summed E-state index contributed by atoms with van der Waals surface area (Å²) in [4.78, 5) is 20.3. The van der Waals surface area contributed by atoms with Crippen molar-refractivity contribution in [1.29, 1.82) is 0 Å². The number of rotatable bonds is 3. The van der Waals surface area contributed by atoms with Crippen molar-refractivity contribution in [2.24, 2.45) is 0 Å². The van der Waals surface area contributed by atoms with Gasteiger partial charge in [0.15, 0.2) is 0 Å². The van der Waals surface area contributed by atoms with E-state index in [-0.39, 0.29) is 11.4 Å². The van der Waals surface area contributed by atoms with Crippen LogP contribution in [-0.4, -0.2) is 16.5 Å². The summed E-state index contributed by atoms with van der Waals surface area (Å²) in [7, 11) is 0. The van der Waals surface area contributed by atoms with E-state index in [1.165, 1.54) is 6.07 Å². The van der Waals surface area contributed by atoms with Crippen LogP contribution in [0.4, 0.5) is 11.4 Å². The Hall–Kier alpha value is -2.02. The molecule has 1 atom stereocenters. The molecule has 0 spiro atoms. The third-order valence-corrected chi connectivity index (χ3v) is 2.92. The van der Waals surface area contributed by atoms with E-state index in [2.05, 4.69) is 0 Å². The lowest BCUT2D eigenvalue weighted by Crippen LogP contribution is -2.08. The number of epoxide rings is 1. The van der Waals surface area contributed by atoms with Gasteiger partial charge in [-0.1, -0.05) is 0 Å². The first-order chi connectivity index (χ1) is 7.85. The maximum atomic E-state index is 10.8. The van der Waals surface area contributed by atoms with E-state index in [4.69, 9.17) is 4.74 Å². The molecule has 0 bridgehead atoms. The fraction of sp³-hybridized carbons (Fsp3) is 0.400. The minimum absolute atomic E-state index is 0.245.